The van der Waals surface area contributed by atoms with Gasteiger partial charge in [0.15, 0.2) is 5.84 Å². The van der Waals surface area contributed by atoms with Gasteiger partial charge < -0.3 is 15.7 Å². The second-order valence-electron chi connectivity index (χ2n) is 4.90. The summed E-state index contributed by atoms with van der Waals surface area (Å²) >= 11 is 3.37. The summed E-state index contributed by atoms with van der Waals surface area (Å²) in [5.74, 6) is 0.700. The zero-order valence-electron chi connectivity index (χ0n) is 12.1. The van der Waals surface area contributed by atoms with Gasteiger partial charge >= 0.3 is 0 Å². The largest absolute Gasteiger partial charge is 0.490 e. The van der Waals surface area contributed by atoms with E-state index in [0.29, 0.717) is 11.3 Å². The number of nitrogens with zero attached hydrogens (tertiary/aromatic N) is 1. The van der Waals surface area contributed by atoms with E-state index in [1.54, 1.807) is 6.07 Å². The maximum Gasteiger partial charge on any atom is 0.173 e. The van der Waals surface area contributed by atoms with E-state index in [1.807, 2.05) is 19.1 Å². The fraction of sp³-hybridized carbons (Fsp3) is 0.533. The molecule has 1 unspecified atom stereocenters. The molecule has 0 aliphatic carbocycles. The van der Waals surface area contributed by atoms with Crippen LogP contribution >= 0.6 is 15.9 Å². The van der Waals surface area contributed by atoms with Crippen molar-refractivity contribution in [2.24, 2.45) is 10.9 Å². The molecule has 1 rings (SSSR count). The summed E-state index contributed by atoms with van der Waals surface area (Å²) in [7, 11) is 0. The number of unbranched alkanes of at least 4 members (excludes halogenated alkanes) is 3. The van der Waals surface area contributed by atoms with Gasteiger partial charge in [-0.05, 0) is 38.0 Å². The Morgan fingerprint density at radius 2 is 2.15 bits per heavy atom. The Balaban J connectivity index is 2.67. The minimum Gasteiger partial charge on any atom is -0.490 e. The quantitative estimate of drug-likeness (QED) is 0.243. The van der Waals surface area contributed by atoms with Gasteiger partial charge in [0.05, 0.1) is 11.7 Å². The van der Waals surface area contributed by atoms with Crippen molar-refractivity contribution in [3.05, 3.63) is 28.2 Å². The Labute approximate surface area is 129 Å². The maximum absolute atomic E-state index is 8.83. The van der Waals surface area contributed by atoms with Crippen LogP contribution in [0.2, 0.25) is 0 Å². The Bertz CT molecular complexity index is 449. The van der Waals surface area contributed by atoms with Gasteiger partial charge in [0.2, 0.25) is 0 Å². The number of hydrogen-bond acceptors (Lipinski definition) is 3. The summed E-state index contributed by atoms with van der Waals surface area (Å²) < 4.78 is 6.77. The second kappa shape index (κ2) is 8.84. The number of oxime groups is 1. The molecular weight excluding hydrogens is 320 g/mol. The van der Waals surface area contributed by atoms with Gasteiger partial charge in [0.1, 0.15) is 5.75 Å². The summed E-state index contributed by atoms with van der Waals surface area (Å²) in [5.41, 5.74) is 6.28. The minimum atomic E-state index is 0.0551. The first-order valence-electron chi connectivity index (χ1n) is 7.02. The average Bonchev–Trinajstić information content (AvgIpc) is 2.44. The van der Waals surface area contributed by atoms with Gasteiger partial charge in [-0.25, -0.2) is 0 Å². The third kappa shape index (κ3) is 5.41. The standard InChI is InChI=1S/C15H23BrN2O2/c1-3-4-5-6-7-11(2)20-14-9-8-12(16)10-13(14)15(17)18-19/h8-11,19H,3-7H2,1-2H3,(H2,17,18). The van der Waals surface area contributed by atoms with Crippen molar-refractivity contribution in [2.75, 3.05) is 0 Å². The van der Waals surface area contributed by atoms with Gasteiger partial charge in [0.25, 0.3) is 0 Å². The number of hydrogen-bond donors (Lipinski definition) is 2. The molecule has 0 aromatic heterocycles. The highest BCUT2D eigenvalue weighted by molar-refractivity contribution is 9.10. The molecule has 0 saturated carbocycles. The molecule has 1 atom stereocenters. The highest BCUT2D eigenvalue weighted by Crippen LogP contribution is 2.25. The van der Waals surface area contributed by atoms with Crippen LogP contribution in [0.15, 0.2) is 27.8 Å². The molecule has 0 bridgehead atoms. The van der Waals surface area contributed by atoms with E-state index < -0.39 is 0 Å². The van der Waals surface area contributed by atoms with Crippen LogP contribution in [0.5, 0.6) is 5.75 Å². The van der Waals surface area contributed by atoms with E-state index >= 15 is 0 Å². The van der Waals surface area contributed by atoms with Crippen molar-refractivity contribution in [2.45, 2.75) is 52.1 Å². The predicted molar refractivity (Wildman–Crippen MR) is 85.5 cm³/mol. The molecule has 20 heavy (non-hydrogen) atoms. The zero-order valence-corrected chi connectivity index (χ0v) is 13.7. The van der Waals surface area contributed by atoms with Crippen molar-refractivity contribution in [3.63, 3.8) is 0 Å². The van der Waals surface area contributed by atoms with Gasteiger partial charge in [-0.15, -0.1) is 0 Å². The summed E-state index contributed by atoms with van der Waals surface area (Å²) in [6.45, 7) is 4.25. The fourth-order valence-electron chi connectivity index (χ4n) is 1.99. The summed E-state index contributed by atoms with van der Waals surface area (Å²) in [6.07, 6.45) is 6.00. The Kier molecular flexibility index (Phi) is 7.44. The molecule has 0 fully saturated rings. The van der Waals surface area contributed by atoms with Crippen LogP contribution in [0, 0.1) is 0 Å². The molecular formula is C15H23BrN2O2. The smallest absolute Gasteiger partial charge is 0.173 e. The SMILES string of the molecule is CCCCCCC(C)Oc1ccc(Br)cc1/C(N)=N/O. The Morgan fingerprint density at radius 1 is 1.40 bits per heavy atom. The first-order valence-corrected chi connectivity index (χ1v) is 7.81. The van der Waals surface area contributed by atoms with E-state index in [1.165, 1.54) is 19.3 Å². The molecule has 112 valence electrons. The number of nitrogens with two attached hydrogens (primary N) is 1. The third-order valence-corrected chi connectivity index (χ3v) is 3.61. The number of amidine groups is 1. The topological polar surface area (TPSA) is 67.8 Å². The Hall–Kier alpha value is -1.23. The number of rotatable bonds is 8. The monoisotopic (exact) mass is 342 g/mol. The van der Waals surface area contributed by atoms with Gasteiger partial charge in [-0.1, -0.05) is 47.3 Å². The lowest BCUT2D eigenvalue weighted by Gasteiger charge is -2.17. The fourth-order valence-corrected chi connectivity index (χ4v) is 2.35. The van der Waals surface area contributed by atoms with Gasteiger partial charge in [-0.3, -0.25) is 0 Å². The lowest BCUT2D eigenvalue weighted by atomic mass is 10.1. The average molecular weight is 343 g/mol. The molecule has 0 radical (unpaired) electrons. The highest BCUT2D eigenvalue weighted by Gasteiger charge is 2.12. The maximum atomic E-state index is 8.83. The normalized spacial score (nSPS) is 13.2. The molecule has 0 aliphatic rings. The summed E-state index contributed by atoms with van der Waals surface area (Å²) in [6, 6.07) is 5.50. The molecule has 0 aliphatic heterocycles. The molecule has 4 nitrogen and oxygen atoms in total. The van der Waals surface area contributed by atoms with Crippen molar-refractivity contribution >= 4 is 21.8 Å². The first kappa shape index (κ1) is 16.8. The number of benzene rings is 1. The zero-order chi connectivity index (χ0) is 15.0. The molecule has 3 N–H and O–H groups in total. The lowest BCUT2D eigenvalue weighted by molar-refractivity contribution is 0.206. The van der Waals surface area contributed by atoms with E-state index in [4.69, 9.17) is 15.7 Å². The molecule has 5 heteroatoms. The molecule has 1 aromatic carbocycles. The van der Waals surface area contributed by atoms with Crippen LogP contribution in [0.4, 0.5) is 0 Å². The van der Waals surface area contributed by atoms with Gasteiger partial charge in [-0.2, -0.15) is 0 Å². The molecule has 1 aromatic rings. The first-order chi connectivity index (χ1) is 9.58. The molecule has 0 saturated heterocycles. The van der Waals surface area contributed by atoms with Gasteiger partial charge in [0, 0.05) is 4.47 Å². The van der Waals surface area contributed by atoms with Crippen LogP contribution in [-0.2, 0) is 0 Å². The van der Waals surface area contributed by atoms with Crippen molar-refractivity contribution in [1.29, 1.82) is 0 Å². The van der Waals surface area contributed by atoms with E-state index in [0.717, 1.165) is 17.3 Å². The number of halogens is 1. The number of ether oxygens (including phenoxy) is 1. The summed E-state index contributed by atoms with van der Waals surface area (Å²) in [5, 5.41) is 11.9. The van der Waals surface area contributed by atoms with E-state index in [2.05, 4.69) is 28.0 Å². The van der Waals surface area contributed by atoms with E-state index in [-0.39, 0.29) is 11.9 Å². The van der Waals surface area contributed by atoms with Crippen molar-refractivity contribution in [3.8, 4) is 5.75 Å². The summed E-state index contributed by atoms with van der Waals surface area (Å²) in [4.78, 5) is 0. The minimum absolute atomic E-state index is 0.0551. The lowest BCUT2D eigenvalue weighted by Crippen LogP contribution is -2.18. The van der Waals surface area contributed by atoms with Crippen molar-refractivity contribution in [1.82, 2.24) is 0 Å². The second-order valence-corrected chi connectivity index (χ2v) is 5.82. The third-order valence-electron chi connectivity index (χ3n) is 3.12. The molecule has 0 spiro atoms. The van der Waals surface area contributed by atoms with Crippen LogP contribution in [0.1, 0.15) is 51.5 Å². The van der Waals surface area contributed by atoms with Crippen molar-refractivity contribution < 1.29 is 9.94 Å². The van der Waals surface area contributed by atoms with Crippen LogP contribution in [0.3, 0.4) is 0 Å². The van der Waals surface area contributed by atoms with Crippen LogP contribution < -0.4 is 10.5 Å². The molecule has 0 heterocycles. The van der Waals surface area contributed by atoms with Crippen LogP contribution in [-0.4, -0.2) is 17.1 Å². The van der Waals surface area contributed by atoms with E-state index in [9.17, 15) is 0 Å². The highest BCUT2D eigenvalue weighted by atomic mass is 79.9. The Morgan fingerprint density at radius 3 is 2.80 bits per heavy atom. The van der Waals surface area contributed by atoms with Crippen LogP contribution in [0.25, 0.3) is 0 Å². The molecule has 0 amide bonds. The predicted octanol–water partition coefficient (Wildman–Crippen LogP) is 4.28.